The van der Waals surface area contributed by atoms with Crippen molar-refractivity contribution >= 4 is 21.5 Å². The van der Waals surface area contributed by atoms with Gasteiger partial charge in [0.05, 0.1) is 21.3 Å². The van der Waals surface area contributed by atoms with Crippen LogP contribution in [0.3, 0.4) is 0 Å². The molecule has 3 aromatic rings. The van der Waals surface area contributed by atoms with Gasteiger partial charge in [-0.05, 0) is 36.7 Å². The zero-order valence-corrected chi connectivity index (χ0v) is 15.6. The third kappa shape index (κ3) is 2.98. The number of hydrogen-bond acceptors (Lipinski definition) is 4. The Balaban J connectivity index is 2.45. The Labute approximate surface area is 148 Å². The van der Waals surface area contributed by atoms with Gasteiger partial charge in [-0.1, -0.05) is 36.4 Å². The van der Waals surface area contributed by atoms with E-state index in [1.807, 2.05) is 6.07 Å². The highest BCUT2D eigenvalue weighted by molar-refractivity contribution is 6.13. The second-order valence-corrected chi connectivity index (χ2v) is 6.34. The summed E-state index contributed by atoms with van der Waals surface area (Å²) in [6.07, 6.45) is 0.866. The van der Waals surface area contributed by atoms with Crippen LogP contribution >= 0.6 is 0 Å². The van der Waals surface area contributed by atoms with Crippen LogP contribution in [0.15, 0.2) is 36.4 Å². The van der Waals surface area contributed by atoms with Gasteiger partial charge in [0, 0.05) is 17.5 Å². The summed E-state index contributed by atoms with van der Waals surface area (Å²) in [7, 11) is 9.17. The molecule has 0 atom stereocenters. The third-order valence-corrected chi connectivity index (χ3v) is 4.59. The van der Waals surface area contributed by atoms with Crippen LogP contribution in [-0.4, -0.2) is 46.9 Å². The summed E-state index contributed by atoms with van der Waals surface area (Å²) < 4.78 is 17.2. The highest BCUT2D eigenvalue weighted by Crippen LogP contribution is 2.48. The number of likely N-dealkylation sites (N-methyl/N-ethyl adjacent to an activating group) is 1. The first kappa shape index (κ1) is 17.4. The molecule has 3 aromatic carbocycles. The fourth-order valence-corrected chi connectivity index (χ4v) is 3.42. The molecule has 0 aliphatic rings. The molecule has 132 valence electrons. The molecule has 0 aliphatic heterocycles. The van der Waals surface area contributed by atoms with Gasteiger partial charge in [-0.15, -0.1) is 0 Å². The molecule has 0 heterocycles. The monoisotopic (exact) mass is 339 g/mol. The number of fused-ring (bicyclic) bond motifs is 3. The van der Waals surface area contributed by atoms with Crippen molar-refractivity contribution in [3.8, 4) is 17.2 Å². The number of rotatable bonds is 6. The van der Waals surface area contributed by atoms with E-state index < -0.39 is 0 Å². The first-order valence-electron chi connectivity index (χ1n) is 8.39. The Bertz CT molecular complexity index is 903. The van der Waals surface area contributed by atoms with Crippen molar-refractivity contribution in [2.75, 3.05) is 42.0 Å². The molecular formula is C21H25NO3. The van der Waals surface area contributed by atoms with Gasteiger partial charge >= 0.3 is 0 Å². The summed E-state index contributed by atoms with van der Waals surface area (Å²) in [5.74, 6) is 2.13. The highest BCUT2D eigenvalue weighted by atomic mass is 16.5. The molecule has 0 amide bonds. The van der Waals surface area contributed by atoms with Crippen molar-refractivity contribution in [3.63, 3.8) is 0 Å². The maximum Gasteiger partial charge on any atom is 0.204 e. The van der Waals surface area contributed by atoms with Crippen molar-refractivity contribution in [3.05, 3.63) is 42.0 Å². The van der Waals surface area contributed by atoms with Gasteiger partial charge in [0.1, 0.15) is 0 Å². The van der Waals surface area contributed by atoms with Crippen LogP contribution < -0.4 is 14.2 Å². The van der Waals surface area contributed by atoms with Gasteiger partial charge in [-0.2, -0.15) is 0 Å². The molecule has 25 heavy (non-hydrogen) atoms. The zero-order chi connectivity index (χ0) is 18.0. The zero-order valence-electron chi connectivity index (χ0n) is 15.6. The molecule has 0 saturated carbocycles. The quantitative estimate of drug-likeness (QED) is 0.632. The number of nitrogens with zero attached hydrogens (tertiary/aromatic N) is 1. The van der Waals surface area contributed by atoms with E-state index in [2.05, 4.69) is 49.3 Å². The maximum atomic E-state index is 5.77. The van der Waals surface area contributed by atoms with Gasteiger partial charge in [0.25, 0.3) is 0 Å². The average molecular weight is 339 g/mol. The average Bonchev–Trinajstić information content (AvgIpc) is 2.64. The topological polar surface area (TPSA) is 30.9 Å². The lowest BCUT2D eigenvalue weighted by atomic mass is 9.94. The largest absolute Gasteiger partial charge is 0.492 e. The smallest absolute Gasteiger partial charge is 0.204 e. The molecule has 0 radical (unpaired) electrons. The lowest BCUT2D eigenvalue weighted by molar-refractivity contribution is 0.323. The molecule has 0 spiro atoms. The summed E-state index contributed by atoms with van der Waals surface area (Å²) in [6, 6.07) is 12.7. The van der Waals surface area contributed by atoms with E-state index >= 15 is 0 Å². The third-order valence-electron chi connectivity index (χ3n) is 4.59. The van der Waals surface area contributed by atoms with Crippen LogP contribution in [0.5, 0.6) is 17.2 Å². The SMILES string of the molecule is COc1c(OC)c(OC)c2c(ccc3ccccc32)c1CCN(C)C. The lowest BCUT2D eigenvalue weighted by Crippen LogP contribution is -2.16. The molecule has 0 saturated heterocycles. The standard InChI is InChI=1S/C21H25NO3/c1-22(2)13-12-17-16-11-10-14-8-6-7-9-15(14)18(16)20(24-4)21(25-5)19(17)23-3/h6-11H,12-13H2,1-5H3. The van der Waals surface area contributed by atoms with Gasteiger partial charge in [-0.25, -0.2) is 0 Å². The van der Waals surface area contributed by atoms with Gasteiger partial charge in [-0.3, -0.25) is 0 Å². The predicted octanol–water partition coefficient (Wildman–Crippen LogP) is 4.12. The summed E-state index contributed by atoms with van der Waals surface area (Å²) in [5, 5.41) is 4.56. The van der Waals surface area contributed by atoms with E-state index in [4.69, 9.17) is 14.2 Å². The Morgan fingerprint density at radius 2 is 1.44 bits per heavy atom. The molecular weight excluding hydrogens is 314 g/mol. The molecule has 4 nitrogen and oxygen atoms in total. The second-order valence-electron chi connectivity index (χ2n) is 6.34. The van der Waals surface area contributed by atoms with E-state index in [9.17, 15) is 0 Å². The first-order chi connectivity index (χ1) is 12.1. The maximum absolute atomic E-state index is 5.77. The Morgan fingerprint density at radius 1 is 0.760 bits per heavy atom. The molecule has 0 aliphatic carbocycles. The summed E-state index contributed by atoms with van der Waals surface area (Å²) in [6.45, 7) is 0.924. The van der Waals surface area contributed by atoms with Crippen LogP contribution in [0.4, 0.5) is 0 Å². The predicted molar refractivity (Wildman–Crippen MR) is 103 cm³/mol. The normalized spacial score (nSPS) is 11.3. The Hall–Kier alpha value is -2.46. The summed E-state index contributed by atoms with van der Waals surface area (Å²) in [4.78, 5) is 2.17. The van der Waals surface area contributed by atoms with Crippen molar-refractivity contribution in [2.45, 2.75) is 6.42 Å². The van der Waals surface area contributed by atoms with E-state index in [0.717, 1.165) is 46.2 Å². The Morgan fingerprint density at radius 3 is 2.08 bits per heavy atom. The highest BCUT2D eigenvalue weighted by Gasteiger charge is 2.23. The van der Waals surface area contributed by atoms with Gasteiger partial charge < -0.3 is 19.1 Å². The molecule has 4 heteroatoms. The Kier molecular flexibility index (Phi) is 5.00. The van der Waals surface area contributed by atoms with Crippen molar-refractivity contribution in [1.82, 2.24) is 4.90 Å². The fraction of sp³-hybridized carbons (Fsp3) is 0.333. The van der Waals surface area contributed by atoms with E-state index in [1.165, 1.54) is 5.39 Å². The van der Waals surface area contributed by atoms with Crippen molar-refractivity contribution in [2.24, 2.45) is 0 Å². The van der Waals surface area contributed by atoms with Gasteiger partial charge in [0.2, 0.25) is 5.75 Å². The number of ether oxygens (including phenoxy) is 3. The van der Waals surface area contributed by atoms with Crippen LogP contribution in [0.1, 0.15) is 5.56 Å². The molecule has 0 aromatic heterocycles. The molecule has 0 unspecified atom stereocenters. The minimum atomic E-state index is 0.655. The second kappa shape index (κ2) is 7.19. The first-order valence-corrected chi connectivity index (χ1v) is 8.39. The fourth-order valence-electron chi connectivity index (χ4n) is 3.42. The number of methoxy groups -OCH3 is 3. The number of hydrogen-bond donors (Lipinski definition) is 0. The van der Waals surface area contributed by atoms with Crippen LogP contribution in [0.25, 0.3) is 21.5 Å². The van der Waals surface area contributed by atoms with E-state index in [1.54, 1.807) is 21.3 Å². The summed E-state index contributed by atoms with van der Waals surface area (Å²) >= 11 is 0. The van der Waals surface area contributed by atoms with Crippen LogP contribution in [0, 0.1) is 0 Å². The molecule has 0 fully saturated rings. The van der Waals surface area contributed by atoms with Crippen LogP contribution in [-0.2, 0) is 6.42 Å². The molecule has 0 N–H and O–H groups in total. The molecule has 3 rings (SSSR count). The minimum Gasteiger partial charge on any atom is -0.492 e. The van der Waals surface area contributed by atoms with E-state index in [0.29, 0.717) is 5.75 Å². The van der Waals surface area contributed by atoms with Gasteiger partial charge in [0.15, 0.2) is 11.5 Å². The summed E-state index contributed by atoms with van der Waals surface area (Å²) in [5.41, 5.74) is 1.15. The molecule has 0 bridgehead atoms. The number of benzene rings is 3. The van der Waals surface area contributed by atoms with E-state index in [-0.39, 0.29) is 0 Å². The van der Waals surface area contributed by atoms with Crippen molar-refractivity contribution in [1.29, 1.82) is 0 Å². The lowest BCUT2D eigenvalue weighted by Gasteiger charge is -2.21. The van der Waals surface area contributed by atoms with Crippen LogP contribution in [0.2, 0.25) is 0 Å². The minimum absolute atomic E-state index is 0.655. The van der Waals surface area contributed by atoms with Crippen molar-refractivity contribution < 1.29 is 14.2 Å².